The molecule has 1 nitrogen and oxygen atoms in total. The summed E-state index contributed by atoms with van der Waals surface area (Å²) in [7, 11) is 0. The molecule has 0 saturated heterocycles. The molecular formula is C11H18O. The summed E-state index contributed by atoms with van der Waals surface area (Å²) in [6.45, 7) is 8.20. The lowest BCUT2D eigenvalue weighted by Crippen LogP contribution is -2.31. The number of carbonyl (C=O) groups excluding carboxylic acids is 1. The van der Waals surface area contributed by atoms with Gasteiger partial charge in [0.25, 0.3) is 0 Å². The Morgan fingerprint density at radius 3 is 2.00 bits per heavy atom. The maximum atomic E-state index is 11.3. The van der Waals surface area contributed by atoms with Crippen LogP contribution in [0.1, 0.15) is 27.7 Å². The van der Waals surface area contributed by atoms with E-state index in [0.717, 1.165) is 0 Å². The molecule has 0 spiro atoms. The molecule has 0 amide bonds. The van der Waals surface area contributed by atoms with Gasteiger partial charge in [-0.15, -0.1) is 0 Å². The third-order valence-electron chi connectivity index (χ3n) is 3.15. The van der Waals surface area contributed by atoms with Gasteiger partial charge in [-0.3, -0.25) is 4.79 Å². The van der Waals surface area contributed by atoms with E-state index in [1.165, 1.54) is 0 Å². The van der Waals surface area contributed by atoms with E-state index in [4.69, 9.17) is 0 Å². The van der Waals surface area contributed by atoms with Crippen molar-refractivity contribution in [2.75, 3.05) is 0 Å². The highest BCUT2D eigenvalue weighted by molar-refractivity contribution is 5.79. The van der Waals surface area contributed by atoms with Crippen LogP contribution in [0.2, 0.25) is 0 Å². The number of carbonyl (C=O) groups is 1. The molecule has 0 bridgehead atoms. The van der Waals surface area contributed by atoms with Gasteiger partial charge in [0.15, 0.2) is 0 Å². The Morgan fingerprint density at radius 2 is 1.58 bits per heavy atom. The van der Waals surface area contributed by atoms with Crippen LogP contribution in [0.15, 0.2) is 12.2 Å². The minimum atomic E-state index is 0.241. The van der Waals surface area contributed by atoms with Crippen LogP contribution in [0, 0.1) is 23.7 Å². The summed E-state index contributed by atoms with van der Waals surface area (Å²) in [5, 5.41) is 0. The van der Waals surface area contributed by atoms with E-state index in [1.807, 2.05) is 0 Å². The molecule has 0 N–H and O–H groups in total. The Hall–Kier alpha value is -0.590. The van der Waals surface area contributed by atoms with Crippen LogP contribution in [0.3, 0.4) is 0 Å². The largest absolute Gasteiger partial charge is 0.300 e. The molecule has 0 saturated carbocycles. The zero-order valence-corrected chi connectivity index (χ0v) is 8.37. The third-order valence-corrected chi connectivity index (χ3v) is 3.15. The molecule has 0 aromatic carbocycles. The second kappa shape index (κ2) is 3.42. The fraction of sp³-hybridized carbons (Fsp3) is 0.727. The number of rotatable bonds is 1. The zero-order valence-electron chi connectivity index (χ0n) is 8.37. The van der Waals surface area contributed by atoms with Gasteiger partial charge in [-0.25, -0.2) is 0 Å². The zero-order chi connectivity index (χ0) is 9.30. The molecule has 68 valence electrons. The van der Waals surface area contributed by atoms with E-state index >= 15 is 0 Å². The van der Waals surface area contributed by atoms with Crippen molar-refractivity contribution in [1.82, 2.24) is 0 Å². The van der Waals surface area contributed by atoms with E-state index in [-0.39, 0.29) is 5.92 Å². The SMILES string of the molecule is CC(=O)[C@H]1[C@H](C)[C@@H](C)C=C[C@H]1C. The summed E-state index contributed by atoms with van der Waals surface area (Å²) in [5.74, 6) is 2.06. The molecule has 1 aliphatic carbocycles. The van der Waals surface area contributed by atoms with Crippen LogP contribution in [0.4, 0.5) is 0 Å². The minimum absolute atomic E-state index is 0.241. The summed E-state index contributed by atoms with van der Waals surface area (Å²) < 4.78 is 0. The second-order valence-corrected chi connectivity index (χ2v) is 4.10. The highest BCUT2D eigenvalue weighted by atomic mass is 16.1. The predicted octanol–water partition coefficient (Wildman–Crippen LogP) is 2.67. The van der Waals surface area contributed by atoms with Gasteiger partial charge in [0.05, 0.1) is 0 Å². The lowest BCUT2D eigenvalue weighted by molar-refractivity contribution is -0.124. The molecule has 1 heteroatoms. The van der Waals surface area contributed by atoms with E-state index in [9.17, 15) is 4.79 Å². The summed E-state index contributed by atoms with van der Waals surface area (Å²) in [6, 6.07) is 0. The van der Waals surface area contributed by atoms with E-state index in [0.29, 0.717) is 23.5 Å². The number of Topliss-reactive ketones (excluding diaryl/α,β-unsaturated/α-hetero) is 1. The molecule has 0 aliphatic heterocycles. The van der Waals surface area contributed by atoms with Crippen molar-refractivity contribution < 1.29 is 4.79 Å². The predicted molar refractivity (Wildman–Crippen MR) is 50.8 cm³/mol. The number of ketones is 1. The van der Waals surface area contributed by atoms with Gasteiger partial charge < -0.3 is 0 Å². The van der Waals surface area contributed by atoms with Gasteiger partial charge in [-0.05, 0) is 24.7 Å². The lowest BCUT2D eigenvalue weighted by atomic mass is 9.71. The van der Waals surface area contributed by atoms with Gasteiger partial charge in [0.2, 0.25) is 0 Å². The standard InChI is InChI=1S/C11H18O/c1-7-5-6-8(2)11(9(7)3)10(4)12/h5-9,11H,1-4H3/t7-,8+,9+,11+/m0/s1. The van der Waals surface area contributed by atoms with Gasteiger partial charge >= 0.3 is 0 Å². The van der Waals surface area contributed by atoms with Crippen LogP contribution in [0.5, 0.6) is 0 Å². The topological polar surface area (TPSA) is 17.1 Å². The Morgan fingerprint density at radius 1 is 1.08 bits per heavy atom. The monoisotopic (exact) mass is 166 g/mol. The third kappa shape index (κ3) is 1.60. The summed E-state index contributed by atoms with van der Waals surface area (Å²) in [5.41, 5.74) is 0. The molecule has 1 aliphatic rings. The molecule has 0 heterocycles. The first-order valence-corrected chi connectivity index (χ1v) is 4.72. The molecule has 0 fully saturated rings. The van der Waals surface area contributed by atoms with Crippen LogP contribution in [-0.2, 0) is 4.79 Å². The van der Waals surface area contributed by atoms with Crippen molar-refractivity contribution in [2.24, 2.45) is 23.7 Å². The number of hydrogen-bond acceptors (Lipinski definition) is 1. The number of hydrogen-bond donors (Lipinski definition) is 0. The Labute approximate surface area is 74.9 Å². The molecule has 0 aromatic heterocycles. The van der Waals surface area contributed by atoms with Gasteiger partial charge in [-0.1, -0.05) is 32.9 Å². The Balaban J connectivity index is 2.84. The Bertz CT molecular complexity index is 205. The molecule has 0 radical (unpaired) electrons. The average molecular weight is 166 g/mol. The van der Waals surface area contributed by atoms with Crippen molar-refractivity contribution in [3.8, 4) is 0 Å². The Kier molecular flexibility index (Phi) is 2.71. The fourth-order valence-corrected chi connectivity index (χ4v) is 2.19. The second-order valence-electron chi connectivity index (χ2n) is 4.10. The smallest absolute Gasteiger partial charge is 0.133 e. The molecule has 4 atom stereocenters. The highest BCUT2D eigenvalue weighted by Crippen LogP contribution is 2.33. The summed E-state index contributed by atoms with van der Waals surface area (Å²) >= 11 is 0. The van der Waals surface area contributed by atoms with Crippen LogP contribution in [-0.4, -0.2) is 5.78 Å². The molecule has 0 aromatic rings. The van der Waals surface area contributed by atoms with E-state index < -0.39 is 0 Å². The number of allylic oxidation sites excluding steroid dienone is 2. The molecule has 12 heavy (non-hydrogen) atoms. The lowest BCUT2D eigenvalue weighted by Gasteiger charge is -2.32. The van der Waals surface area contributed by atoms with Crippen LogP contribution < -0.4 is 0 Å². The maximum absolute atomic E-state index is 11.3. The van der Waals surface area contributed by atoms with Crippen molar-refractivity contribution in [3.05, 3.63) is 12.2 Å². The van der Waals surface area contributed by atoms with Crippen LogP contribution in [0.25, 0.3) is 0 Å². The van der Waals surface area contributed by atoms with Crippen molar-refractivity contribution in [3.63, 3.8) is 0 Å². The van der Waals surface area contributed by atoms with Crippen molar-refractivity contribution in [2.45, 2.75) is 27.7 Å². The molecule has 1 rings (SSSR count). The molecular weight excluding hydrogens is 148 g/mol. The van der Waals surface area contributed by atoms with Gasteiger partial charge in [0.1, 0.15) is 5.78 Å². The first kappa shape index (κ1) is 9.50. The minimum Gasteiger partial charge on any atom is -0.300 e. The first-order chi connectivity index (χ1) is 5.54. The first-order valence-electron chi connectivity index (χ1n) is 4.72. The van der Waals surface area contributed by atoms with Gasteiger partial charge in [0, 0.05) is 5.92 Å². The van der Waals surface area contributed by atoms with Crippen molar-refractivity contribution in [1.29, 1.82) is 0 Å². The average Bonchev–Trinajstić information content (AvgIpc) is 1.97. The maximum Gasteiger partial charge on any atom is 0.133 e. The highest BCUT2D eigenvalue weighted by Gasteiger charge is 2.31. The van der Waals surface area contributed by atoms with Crippen LogP contribution >= 0.6 is 0 Å². The van der Waals surface area contributed by atoms with Crippen molar-refractivity contribution >= 4 is 5.78 Å². The van der Waals surface area contributed by atoms with Gasteiger partial charge in [-0.2, -0.15) is 0 Å². The summed E-state index contributed by atoms with van der Waals surface area (Å²) in [6.07, 6.45) is 4.41. The molecule has 0 unspecified atom stereocenters. The quantitative estimate of drug-likeness (QED) is 0.547. The van der Waals surface area contributed by atoms with E-state index in [1.54, 1.807) is 6.92 Å². The fourth-order valence-electron chi connectivity index (χ4n) is 2.19. The van der Waals surface area contributed by atoms with E-state index in [2.05, 4.69) is 32.9 Å². The summed E-state index contributed by atoms with van der Waals surface area (Å²) in [4.78, 5) is 11.3. The normalized spacial score (nSPS) is 41.3.